The van der Waals surface area contributed by atoms with Crippen molar-refractivity contribution in [2.75, 3.05) is 33.4 Å². The summed E-state index contributed by atoms with van der Waals surface area (Å²) in [6.45, 7) is 2.99. The molecule has 0 bridgehead atoms. The van der Waals surface area contributed by atoms with E-state index >= 15 is 0 Å². The zero-order valence-corrected chi connectivity index (χ0v) is 14.1. The molecule has 4 nitrogen and oxygen atoms in total. The maximum Gasteiger partial charge on any atom is 0.226 e. The van der Waals surface area contributed by atoms with Crippen LogP contribution in [0, 0.1) is 5.41 Å². The van der Waals surface area contributed by atoms with Crippen molar-refractivity contribution in [3.63, 3.8) is 0 Å². The number of amides is 1. The molecule has 1 fully saturated rings. The fraction of sp³-hybridized carbons (Fsp3) is 0.588. The summed E-state index contributed by atoms with van der Waals surface area (Å²) in [5.74, 6) is 0.214. The first kappa shape index (κ1) is 18.9. The van der Waals surface area contributed by atoms with Crippen molar-refractivity contribution in [2.24, 2.45) is 5.41 Å². The monoisotopic (exact) mass is 326 g/mol. The molecule has 0 atom stereocenters. The Hall–Kier alpha value is -1.10. The van der Waals surface area contributed by atoms with Crippen LogP contribution in [-0.4, -0.2) is 39.3 Å². The van der Waals surface area contributed by atoms with Crippen LogP contribution < -0.4 is 10.6 Å². The predicted molar refractivity (Wildman–Crippen MR) is 91.4 cm³/mol. The zero-order valence-electron chi connectivity index (χ0n) is 13.3. The molecule has 0 radical (unpaired) electrons. The Bertz CT molecular complexity index is 436. The van der Waals surface area contributed by atoms with E-state index in [1.165, 1.54) is 5.56 Å². The maximum absolute atomic E-state index is 12.5. The van der Waals surface area contributed by atoms with E-state index in [1.54, 1.807) is 7.11 Å². The van der Waals surface area contributed by atoms with E-state index in [0.29, 0.717) is 13.2 Å². The second-order valence-electron chi connectivity index (χ2n) is 5.79. The summed E-state index contributed by atoms with van der Waals surface area (Å²) in [6, 6.07) is 10.3. The number of benzene rings is 1. The summed E-state index contributed by atoms with van der Waals surface area (Å²) in [5, 5.41) is 6.32. The van der Waals surface area contributed by atoms with Crippen molar-refractivity contribution < 1.29 is 9.53 Å². The van der Waals surface area contributed by atoms with Gasteiger partial charge in [-0.2, -0.15) is 0 Å². The second kappa shape index (κ2) is 9.82. The van der Waals surface area contributed by atoms with Gasteiger partial charge >= 0.3 is 0 Å². The van der Waals surface area contributed by atoms with Crippen LogP contribution in [0.5, 0.6) is 0 Å². The van der Waals surface area contributed by atoms with Gasteiger partial charge in [0.2, 0.25) is 5.91 Å². The number of hydrogen-bond donors (Lipinski definition) is 2. The molecule has 1 aliphatic rings. The Balaban J connectivity index is 0.00000242. The molecule has 5 heteroatoms. The van der Waals surface area contributed by atoms with Gasteiger partial charge < -0.3 is 15.4 Å². The first-order chi connectivity index (χ1) is 10.3. The smallest absolute Gasteiger partial charge is 0.226 e. The van der Waals surface area contributed by atoms with Gasteiger partial charge in [0.15, 0.2) is 0 Å². The molecule has 0 saturated heterocycles. The Labute approximate surface area is 139 Å². The molecule has 0 aliphatic heterocycles. The number of nitrogens with one attached hydrogen (secondary N) is 2. The minimum absolute atomic E-state index is 0. The summed E-state index contributed by atoms with van der Waals surface area (Å²) < 4.78 is 4.97. The predicted octanol–water partition coefficient (Wildman–Crippen LogP) is 2.17. The molecule has 1 aromatic carbocycles. The highest BCUT2D eigenvalue weighted by Gasteiger charge is 2.43. The van der Waals surface area contributed by atoms with Crippen molar-refractivity contribution in [1.82, 2.24) is 10.6 Å². The standard InChI is InChI=1S/C17H26N2O2.ClH/c1-21-13-12-18-10-11-19-16(20)17(8-5-9-17)14-15-6-3-2-4-7-15;/h2-4,6-7,18H,5,8-14H2,1H3,(H,19,20);1H. The first-order valence-corrected chi connectivity index (χ1v) is 7.79. The van der Waals surface area contributed by atoms with Crippen LogP contribution >= 0.6 is 12.4 Å². The second-order valence-corrected chi connectivity index (χ2v) is 5.79. The minimum Gasteiger partial charge on any atom is -0.383 e. The molecule has 2 N–H and O–H groups in total. The summed E-state index contributed by atoms with van der Waals surface area (Å²) in [5.41, 5.74) is 1.08. The lowest BCUT2D eigenvalue weighted by Crippen LogP contribution is -2.48. The van der Waals surface area contributed by atoms with E-state index in [4.69, 9.17) is 4.74 Å². The molecule has 0 unspecified atom stereocenters. The molecular weight excluding hydrogens is 300 g/mol. The maximum atomic E-state index is 12.5. The molecule has 1 aromatic rings. The van der Waals surface area contributed by atoms with Crippen molar-refractivity contribution >= 4 is 18.3 Å². The molecule has 0 heterocycles. The fourth-order valence-corrected chi connectivity index (χ4v) is 2.83. The van der Waals surface area contributed by atoms with Gasteiger partial charge in [-0.1, -0.05) is 36.8 Å². The lowest BCUT2D eigenvalue weighted by atomic mass is 9.64. The minimum atomic E-state index is -0.173. The highest BCUT2D eigenvalue weighted by atomic mass is 35.5. The van der Waals surface area contributed by atoms with Gasteiger partial charge in [0.1, 0.15) is 0 Å². The van der Waals surface area contributed by atoms with Crippen molar-refractivity contribution in [2.45, 2.75) is 25.7 Å². The van der Waals surface area contributed by atoms with Crippen LogP contribution in [0.2, 0.25) is 0 Å². The zero-order chi connectivity index (χ0) is 15.0. The number of carbonyl (C=O) groups is 1. The quantitative estimate of drug-likeness (QED) is 0.684. The van der Waals surface area contributed by atoms with Crippen LogP contribution in [0.1, 0.15) is 24.8 Å². The summed E-state index contributed by atoms with van der Waals surface area (Å²) in [4.78, 5) is 12.5. The van der Waals surface area contributed by atoms with Gasteiger partial charge in [0.25, 0.3) is 0 Å². The normalized spacial score (nSPS) is 15.5. The Morgan fingerprint density at radius 1 is 1.18 bits per heavy atom. The number of rotatable bonds is 9. The SMILES string of the molecule is COCCNCCNC(=O)C1(Cc2ccccc2)CCC1.Cl. The molecule has 0 aromatic heterocycles. The van der Waals surface area contributed by atoms with E-state index in [-0.39, 0.29) is 23.7 Å². The first-order valence-electron chi connectivity index (χ1n) is 7.79. The molecule has 2 rings (SSSR count). The molecule has 1 aliphatic carbocycles. The Morgan fingerprint density at radius 3 is 2.50 bits per heavy atom. The average Bonchev–Trinajstić information content (AvgIpc) is 2.47. The number of ether oxygens (including phenoxy) is 1. The molecule has 0 spiro atoms. The topological polar surface area (TPSA) is 50.4 Å². The van der Waals surface area contributed by atoms with Crippen molar-refractivity contribution in [3.8, 4) is 0 Å². The lowest BCUT2D eigenvalue weighted by molar-refractivity contribution is -0.135. The highest BCUT2D eigenvalue weighted by molar-refractivity contribution is 5.85. The largest absolute Gasteiger partial charge is 0.383 e. The van der Waals surface area contributed by atoms with Crippen LogP contribution in [0.25, 0.3) is 0 Å². The summed E-state index contributed by atoms with van der Waals surface area (Å²) >= 11 is 0. The van der Waals surface area contributed by atoms with Crippen molar-refractivity contribution in [3.05, 3.63) is 35.9 Å². The van der Waals surface area contributed by atoms with Crippen LogP contribution in [0.3, 0.4) is 0 Å². The summed E-state index contributed by atoms with van der Waals surface area (Å²) in [7, 11) is 1.69. The molecule has 22 heavy (non-hydrogen) atoms. The van der Waals surface area contributed by atoms with E-state index in [9.17, 15) is 4.79 Å². The van der Waals surface area contributed by atoms with Gasteiger partial charge in [-0.05, 0) is 24.8 Å². The van der Waals surface area contributed by atoms with Crippen LogP contribution in [0.15, 0.2) is 30.3 Å². The van der Waals surface area contributed by atoms with Crippen LogP contribution in [-0.2, 0) is 16.0 Å². The third-order valence-corrected chi connectivity index (χ3v) is 4.25. The number of carbonyl (C=O) groups excluding carboxylic acids is 1. The average molecular weight is 327 g/mol. The lowest BCUT2D eigenvalue weighted by Gasteiger charge is -2.40. The van der Waals surface area contributed by atoms with Gasteiger partial charge in [0.05, 0.1) is 12.0 Å². The number of methoxy groups -OCH3 is 1. The van der Waals surface area contributed by atoms with Gasteiger partial charge in [-0.15, -0.1) is 12.4 Å². The Morgan fingerprint density at radius 2 is 1.91 bits per heavy atom. The molecule has 124 valence electrons. The number of halogens is 1. The molecule has 1 saturated carbocycles. The van der Waals surface area contributed by atoms with Gasteiger partial charge in [-0.3, -0.25) is 4.79 Å². The fourth-order valence-electron chi connectivity index (χ4n) is 2.83. The van der Waals surface area contributed by atoms with E-state index in [1.807, 2.05) is 18.2 Å². The third-order valence-electron chi connectivity index (χ3n) is 4.25. The Kier molecular flexibility index (Phi) is 8.46. The summed E-state index contributed by atoms with van der Waals surface area (Å²) in [6.07, 6.45) is 4.03. The molecule has 1 amide bonds. The van der Waals surface area contributed by atoms with Gasteiger partial charge in [-0.25, -0.2) is 0 Å². The van der Waals surface area contributed by atoms with Crippen LogP contribution in [0.4, 0.5) is 0 Å². The van der Waals surface area contributed by atoms with Crippen molar-refractivity contribution in [1.29, 1.82) is 0 Å². The molecular formula is C17H27ClN2O2. The van der Waals surface area contributed by atoms with E-state index in [2.05, 4.69) is 22.8 Å². The third kappa shape index (κ3) is 5.27. The number of hydrogen-bond acceptors (Lipinski definition) is 3. The van der Waals surface area contributed by atoms with E-state index in [0.717, 1.165) is 38.8 Å². The highest BCUT2D eigenvalue weighted by Crippen LogP contribution is 2.43. The van der Waals surface area contributed by atoms with E-state index < -0.39 is 0 Å². The van der Waals surface area contributed by atoms with Gasteiger partial charge in [0, 0.05) is 26.7 Å².